The van der Waals surface area contributed by atoms with Crippen LogP contribution in [0.1, 0.15) is 39.9 Å². The molecular weight excluding hydrogens is 334 g/mol. The Hall–Kier alpha value is -2.54. The van der Waals surface area contributed by atoms with Gasteiger partial charge in [0.2, 0.25) is 0 Å². The Bertz CT molecular complexity index is 852. The van der Waals surface area contributed by atoms with E-state index in [2.05, 4.69) is 19.9 Å². The zero-order valence-corrected chi connectivity index (χ0v) is 14.8. The van der Waals surface area contributed by atoms with E-state index in [-0.39, 0.29) is 5.91 Å². The van der Waals surface area contributed by atoms with E-state index in [1.54, 1.807) is 12.4 Å². The van der Waals surface area contributed by atoms with E-state index < -0.39 is 0 Å². The maximum atomic E-state index is 12.5. The molecule has 128 valence electrons. The highest BCUT2D eigenvalue weighted by atomic mass is 32.1. The van der Waals surface area contributed by atoms with Gasteiger partial charge in [-0.3, -0.25) is 4.79 Å². The van der Waals surface area contributed by atoms with Gasteiger partial charge in [-0.15, -0.1) is 11.3 Å². The van der Waals surface area contributed by atoms with Gasteiger partial charge >= 0.3 is 0 Å². The number of carbonyl (C=O) groups is 1. The summed E-state index contributed by atoms with van der Waals surface area (Å²) in [6, 6.07) is 5.83. The molecule has 0 bridgehead atoms. The number of hydrogen-bond donors (Lipinski definition) is 1. The Kier molecular flexibility index (Phi) is 4.31. The van der Waals surface area contributed by atoms with Crippen LogP contribution in [-0.4, -0.2) is 43.8 Å². The summed E-state index contributed by atoms with van der Waals surface area (Å²) in [7, 11) is 0. The lowest BCUT2D eigenvalue weighted by atomic mass is 9.92. The molecule has 1 N–H and O–H groups in total. The molecule has 0 radical (unpaired) electrons. The first-order valence-electron chi connectivity index (χ1n) is 8.39. The number of thiophene rings is 1. The zero-order chi connectivity index (χ0) is 17.2. The summed E-state index contributed by atoms with van der Waals surface area (Å²) in [5.41, 5.74) is 1.87. The summed E-state index contributed by atoms with van der Waals surface area (Å²) in [6.07, 6.45) is 5.36. The number of rotatable bonds is 3. The number of aromatic nitrogens is 4. The normalized spacial score (nSPS) is 15.5. The first-order valence-corrected chi connectivity index (χ1v) is 9.27. The average molecular weight is 353 g/mol. The van der Waals surface area contributed by atoms with Gasteiger partial charge in [-0.1, -0.05) is 6.07 Å². The standard InChI is InChI=1S/C18H19N5OS/c1-12-21-14(11-15(22-12)17-19-6-7-20-17)13-4-8-23(9-5-13)18(24)16-3-2-10-25-16/h2-3,6-7,10-11,13H,4-5,8-9H2,1H3,(H,19,20). The number of aryl methyl sites for hydroxylation is 1. The van der Waals surface area contributed by atoms with Gasteiger partial charge in [0.15, 0.2) is 5.82 Å². The second-order valence-electron chi connectivity index (χ2n) is 6.21. The van der Waals surface area contributed by atoms with Gasteiger partial charge in [0, 0.05) is 37.1 Å². The van der Waals surface area contributed by atoms with Gasteiger partial charge in [0.25, 0.3) is 5.91 Å². The second kappa shape index (κ2) is 6.76. The van der Waals surface area contributed by atoms with Crippen LogP contribution in [0.25, 0.3) is 11.5 Å². The van der Waals surface area contributed by atoms with E-state index in [1.165, 1.54) is 11.3 Å². The second-order valence-corrected chi connectivity index (χ2v) is 7.15. The minimum atomic E-state index is 0.142. The lowest BCUT2D eigenvalue weighted by molar-refractivity contribution is 0.0717. The molecule has 1 fully saturated rings. The molecule has 4 rings (SSSR count). The minimum absolute atomic E-state index is 0.142. The summed E-state index contributed by atoms with van der Waals surface area (Å²) >= 11 is 1.50. The van der Waals surface area contributed by atoms with Crippen molar-refractivity contribution >= 4 is 17.2 Å². The number of aromatic amines is 1. The van der Waals surface area contributed by atoms with E-state index in [0.29, 0.717) is 5.92 Å². The molecule has 1 saturated heterocycles. The monoisotopic (exact) mass is 353 g/mol. The topological polar surface area (TPSA) is 74.8 Å². The Labute approximate surface area is 150 Å². The third-order valence-corrected chi connectivity index (χ3v) is 5.39. The van der Waals surface area contributed by atoms with Crippen molar-refractivity contribution < 1.29 is 4.79 Å². The average Bonchev–Trinajstić information content (AvgIpc) is 3.34. The number of nitrogens with zero attached hydrogens (tertiary/aromatic N) is 4. The molecule has 1 aliphatic rings. The van der Waals surface area contributed by atoms with Crippen molar-refractivity contribution in [1.29, 1.82) is 0 Å². The molecule has 0 atom stereocenters. The van der Waals surface area contributed by atoms with Crippen LogP contribution >= 0.6 is 11.3 Å². The quantitative estimate of drug-likeness (QED) is 0.784. The highest BCUT2D eigenvalue weighted by Gasteiger charge is 2.26. The lowest BCUT2D eigenvalue weighted by Gasteiger charge is -2.31. The SMILES string of the molecule is Cc1nc(-c2ncc[nH]2)cc(C2CCN(C(=O)c3cccs3)CC2)n1. The number of amides is 1. The zero-order valence-electron chi connectivity index (χ0n) is 14.0. The summed E-state index contributed by atoms with van der Waals surface area (Å²) in [5.74, 6) is 2.00. The van der Waals surface area contributed by atoms with Crippen LogP contribution in [0.4, 0.5) is 0 Å². The number of imidazole rings is 1. The van der Waals surface area contributed by atoms with Crippen LogP contribution in [0.5, 0.6) is 0 Å². The minimum Gasteiger partial charge on any atom is -0.343 e. The van der Waals surface area contributed by atoms with Crippen molar-refractivity contribution in [2.75, 3.05) is 13.1 Å². The molecule has 3 aromatic heterocycles. The molecule has 7 heteroatoms. The Morgan fingerprint density at radius 1 is 1.32 bits per heavy atom. The molecule has 0 unspecified atom stereocenters. The molecule has 1 amide bonds. The van der Waals surface area contributed by atoms with E-state index in [1.807, 2.05) is 35.4 Å². The molecule has 0 spiro atoms. The highest BCUT2D eigenvalue weighted by molar-refractivity contribution is 7.12. The molecule has 0 saturated carbocycles. The maximum Gasteiger partial charge on any atom is 0.263 e. The number of hydrogen-bond acceptors (Lipinski definition) is 5. The Morgan fingerprint density at radius 3 is 2.84 bits per heavy atom. The fraction of sp³-hybridized carbons (Fsp3) is 0.333. The highest BCUT2D eigenvalue weighted by Crippen LogP contribution is 2.29. The predicted molar refractivity (Wildman–Crippen MR) is 96.5 cm³/mol. The van der Waals surface area contributed by atoms with Crippen LogP contribution < -0.4 is 0 Å². The van der Waals surface area contributed by atoms with Crippen LogP contribution in [0.15, 0.2) is 36.0 Å². The predicted octanol–water partition coefficient (Wildman–Crippen LogP) is 3.26. The number of H-pyrrole nitrogens is 1. The van der Waals surface area contributed by atoms with Crippen molar-refractivity contribution in [2.24, 2.45) is 0 Å². The van der Waals surface area contributed by atoms with Crippen molar-refractivity contribution in [2.45, 2.75) is 25.7 Å². The van der Waals surface area contributed by atoms with Crippen LogP contribution in [0.2, 0.25) is 0 Å². The lowest BCUT2D eigenvalue weighted by Crippen LogP contribution is -2.37. The maximum absolute atomic E-state index is 12.5. The Balaban J connectivity index is 1.48. The molecule has 1 aliphatic heterocycles. The van der Waals surface area contributed by atoms with Crippen molar-refractivity contribution in [1.82, 2.24) is 24.8 Å². The largest absolute Gasteiger partial charge is 0.343 e. The third-order valence-electron chi connectivity index (χ3n) is 4.53. The summed E-state index contributed by atoms with van der Waals surface area (Å²) in [5, 5.41) is 1.94. The van der Waals surface area contributed by atoms with E-state index >= 15 is 0 Å². The molecular formula is C18H19N5OS. The van der Waals surface area contributed by atoms with Crippen molar-refractivity contribution in [3.05, 3.63) is 52.4 Å². The van der Waals surface area contributed by atoms with Gasteiger partial charge in [-0.25, -0.2) is 15.0 Å². The summed E-state index contributed by atoms with van der Waals surface area (Å²) in [6.45, 7) is 3.44. The molecule has 3 aromatic rings. The summed E-state index contributed by atoms with van der Waals surface area (Å²) < 4.78 is 0. The van der Waals surface area contributed by atoms with Crippen LogP contribution in [0, 0.1) is 6.92 Å². The van der Waals surface area contributed by atoms with Crippen molar-refractivity contribution in [3.63, 3.8) is 0 Å². The van der Waals surface area contributed by atoms with E-state index in [0.717, 1.165) is 53.8 Å². The summed E-state index contributed by atoms with van der Waals surface area (Å²) in [4.78, 5) is 31.7. The number of likely N-dealkylation sites (tertiary alicyclic amines) is 1. The fourth-order valence-electron chi connectivity index (χ4n) is 3.26. The third kappa shape index (κ3) is 3.32. The first kappa shape index (κ1) is 16.0. The van der Waals surface area contributed by atoms with Crippen LogP contribution in [0.3, 0.4) is 0 Å². The number of nitrogens with one attached hydrogen (secondary N) is 1. The molecule has 25 heavy (non-hydrogen) atoms. The first-order chi connectivity index (χ1) is 12.2. The van der Waals surface area contributed by atoms with Gasteiger partial charge in [0.1, 0.15) is 11.5 Å². The van der Waals surface area contributed by atoms with Gasteiger partial charge in [-0.2, -0.15) is 0 Å². The number of piperidine rings is 1. The van der Waals surface area contributed by atoms with Gasteiger partial charge in [-0.05, 0) is 37.3 Å². The number of carbonyl (C=O) groups excluding carboxylic acids is 1. The molecule has 0 aliphatic carbocycles. The molecule has 0 aromatic carbocycles. The smallest absolute Gasteiger partial charge is 0.263 e. The van der Waals surface area contributed by atoms with Gasteiger partial charge < -0.3 is 9.88 Å². The van der Waals surface area contributed by atoms with E-state index in [9.17, 15) is 4.79 Å². The van der Waals surface area contributed by atoms with E-state index in [4.69, 9.17) is 0 Å². The van der Waals surface area contributed by atoms with Crippen molar-refractivity contribution in [3.8, 4) is 11.5 Å². The molecule has 4 heterocycles. The Morgan fingerprint density at radius 2 is 2.16 bits per heavy atom. The molecule has 6 nitrogen and oxygen atoms in total. The van der Waals surface area contributed by atoms with Gasteiger partial charge in [0.05, 0.1) is 4.88 Å². The van der Waals surface area contributed by atoms with Crippen LogP contribution in [-0.2, 0) is 0 Å². The fourth-order valence-corrected chi connectivity index (χ4v) is 3.95.